The third kappa shape index (κ3) is 3.45. The molecule has 3 rings (SSSR count). The monoisotopic (exact) mass is 357 g/mol. The van der Waals surface area contributed by atoms with Crippen LogP contribution in [0.4, 0.5) is 13.2 Å². The van der Waals surface area contributed by atoms with Crippen LogP contribution in [0, 0.1) is 18.3 Å². The molecule has 0 saturated heterocycles. The topological polar surface area (TPSA) is 58.8 Å². The normalized spacial score (nSPS) is 12.6. The number of ether oxygens (including phenoxy) is 1. The molecule has 2 aromatic carbocycles. The lowest BCUT2D eigenvalue weighted by atomic mass is 9.97. The molecule has 0 radical (unpaired) electrons. The molecule has 1 heterocycles. The minimum atomic E-state index is -4.49. The van der Waals surface area contributed by atoms with Crippen LogP contribution in [0.1, 0.15) is 18.1 Å². The second kappa shape index (κ2) is 6.64. The molecule has 0 aliphatic heterocycles. The summed E-state index contributed by atoms with van der Waals surface area (Å²) in [7, 11) is 0. The van der Waals surface area contributed by atoms with E-state index in [1.165, 1.54) is 6.20 Å². The third-order valence-corrected chi connectivity index (χ3v) is 4.05. The Balaban J connectivity index is 2.05. The number of aromatic nitrogens is 2. The first-order valence-electron chi connectivity index (χ1n) is 7.79. The number of alkyl halides is 3. The molecule has 0 unspecified atom stereocenters. The Kier molecular flexibility index (Phi) is 4.51. The number of fused-ring (bicyclic) bond motifs is 1. The van der Waals surface area contributed by atoms with E-state index in [0.29, 0.717) is 16.3 Å². The summed E-state index contributed by atoms with van der Waals surface area (Å²) in [5.74, 6) is -0.165. The molecule has 0 amide bonds. The lowest BCUT2D eigenvalue weighted by molar-refractivity contribution is -0.189. The zero-order chi connectivity index (χ0) is 18.9. The molecule has 0 aliphatic rings. The summed E-state index contributed by atoms with van der Waals surface area (Å²) in [6.45, 7) is 2.84. The fraction of sp³-hybridized carbons (Fsp3) is 0.211. The first-order valence-corrected chi connectivity index (χ1v) is 7.79. The zero-order valence-electron chi connectivity index (χ0n) is 14.0. The summed E-state index contributed by atoms with van der Waals surface area (Å²) in [6, 6.07) is 12.7. The molecule has 3 aromatic rings. The smallest absolute Gasteiger partial charge is 0.425 e. The van der Waals surface area contributed by atoms with E-state index in [4.69, 9.17) is 10.00 Å². The van der Waals surface area contributed by atoms with Gasteiger partial charge >= 0.3 is 6.18 Å². The fourth-order valence-electron chi connectivity index (χ4n) is 2.55. The average Bonchev–Trinajstić information content (AvgIpc) is 2.61. The summed E-state index contributed by atoms with van der Waals surface area (Å²) < 4.78 is 43.2. The molecule has 0 bridgehead atoms. The largest absolute Gasteiger partial charge is 0.463 e. The predicted octanol–water partition coefficient (Wildman–Crippen LogP) is 4.81. The first-order chi connectivity index (χ1) is 12.3. The van der Waals surface area contributed by atoms with Gasteiger partial charge in [0.2, 0.25) is 5.88 Å². The second-order valence-corrected chi connectivity index (χ2v) is 5.89. The summed E-state index contributed by atoms with van der Waals surface area (Å²) in [5.41, 5.74) is 3.21. The number of nitrogens with zero attached hydrogens (tertiary/aromatic N) is 3. The Morgan fingerprint density at radius 3 is 2.62 bits per heavy atom. The van der Waals surface area contributed by atoms with E-state index >= 15 is 0 Å². The van der Waals surface area contributed by atoms with Gasteiger partial charge in [0.15, 0.2) is 6.10 Å². The van der Waals surface area contributed by atoms with Gasteiger partial charge in [-0.3, -0.25) is 0 Å². The molecule has 0 fully saturated rings. The average molecular weight is 357 g/mol. The van der Waals surface area contributed by atoms with Crippen LogP contribution in [0.3, 0.4) is 0 Å². The Labute approximate surface area is 147 Å². The lowest BCUT2D eigenvalue weighted by Gasteiger charge is -2.17. The van der Waals surface area contributed by atoms with Crippen molar-refractivity contribution >= 4 is 10.8 Å². The minimum absolute atomic E-state index is 0.165. The van der Waals surface area contributed by atoms with Crippen molar-refractivity contribution in [2.45, 2.75) is 26.1 Å². The molecule has 4 nitrogen and oxygen atoms in total. The van der Waals surface area contributed by atoms with Gasteiger partial charge in [0.1, 0.15) is 0 Å². The van der Waals surface area contributed by atoms with Crippen LogP contribution >= 0.6 is 0 Å². The maximum atomic E-state index is 12.7. The van der Waals surface area contributed by atoms with Crippen LogP contribution < -0.4 is 4.74 Å². The second-order valence-electron chi connectivity index (χ2n) is 5.89. The van der Waals surface area contributed by atoms with E-state index in [9.17, 15) is 13.2 Å². The number of aryl methyl sites for hydroxylation is 1. The number of halogens is 3. The highest BCUT2D eigenvalue weighted by atomic mass is 19.4. The van der Waals surface area contributed by atoms with Gasteiger partial charge in [0, 0.05) is 10.8 Å². The third-order valence-electron chi connectivity index (χ3n) is 4.05. The molecular formula is C19H14F3N3O. The molecule has 26 heavy (non-hydrogen) atoms. The van der Waals surface area contributed by atoms with Crippen LogP contribution in [-0.4, -0.2) is 22.5 Å². The van der Waals surface area contributed by atoms with Crippen molar-refractivity contribution in [3.63, 3.8) is 0 Å². The van der Waals surface area contributed by atoms with Crippen molar-refractivity contribution in [2.24, 2.45) is 0 Å². The summed E-state index contributed by atoms with van der Waals surface area (Å²) in [5, 5.41) is 17.6. The minimum Gasteiger partial charge on any atom is -0.463 e. The molecular weight excluding hydrogens is 343 g/mol. The van der Waals surface area contributed by atoms with Gasteiger partial charge < -0.3 is 4.74 Å². The highest BCUT2D eigenvalue weighted by molar-refractivity contribution is 5.90. The number of rotatable bonds is 3. The maximum absolute atomic E-state index is 12.7. The molecule has 1 aromatic heterocycles. The van der Waals surface area contributed by atoms with Crippen molar-refractivity contribution in [1.82, 2.24) is 10.2 Å². The summed E-state index contributed by atoms with van der Waals surface area (Å²) in [6.07, 6.45) is -5.01. The number of nitriles is 1. The molecule has 0 aliphatic carbocycles. The van der Waals surface area contributed by atoms with E-state index in [1.807, 2.05) is 13.0 Å². The maximum Gasteiger partial charge on any atom is 0.425 e. The van der Waals surface area contributed by atoms with Crippen LogP contribution in [-0.2, 0) is 0 Å². The number of hydrogen-bond acceptors (Lipinski definition) is 4. The standard InChI is InChI=1S/C19H14F3N3O/c1-11-3-4-13(9-23)7-17(11)14-5-6-16-15(8-14)10-24-25-18(16)26-12(2)19(20,21)22/h3-8,10,12H,1-2H3/t12-/m1/s1. The van der Waals surface area contributed by atoms with E-state index in [1.54, 1.807) is 30.3 Å². The van der Waals surface area contributed by atoms with Crippen molar-refractivity contribution in [3.05, 3.63) is 53.7 Å². The van der Waals surface area contributed by atoms with E-state index < -0.39 is 12.3 Å². The quantitative estimate of drug-likeness (QED) is 0.675. The van der Waals surface area contributed by atoms with Gasteiger partial charge in [-0.1, -0.05) is 12.1 Å². The Morgan fingerprint density at radius 1 is 1.15 bits per heavy atom. The molecule has 7 heteroatoms. The van der Waals surface area contributed by atoms with E-state index in [2.05, 4.69) is 16.3 Å². The molecule has 0 spiro atoms. The van der Waals surface area contributed by atoms with Gasteiger partial charge in [-0.25, -0.2) is 0 Å². The Bertz CT molecular complexity index is 1010. The van der Waals surface area contributed by atoms with Crippen molar-refractivity contribution in [3.8, 4) is 23.1 Å². The van der Waals surface area contributed by atoms with E-state index in [0.717, 1.165) is 23.6 Å². The first kappa shape index (κ1) is 17.7. The SMILES string of the molecule is Cc1ccc(C#N)cc1-c1ccc2c(O[C@H](C)C(F)(F)F)nncc2c1. The van der Waals surface area contributed by atoms with Crippen molar-refractivity contribution < 1.29 is 17.9 Å². The lowest BCUT2D eigenvalue weighted by Crippen LogP contribution is -2.31. The molecule has 132 valence electrons. The van der Waals surface area contributed by atoms with Crippen LogP contribution in [0.25, 0.3) is 21.9 Å². The molecule has 0 N–H and O–H groups in total. The van der Waals surface area contributed by atoms with E-state index in [-0.39, 0.29) is 5.88 Å². The highest BCUT2D eigenvalue weighted by Crippen LogP contribution is 2.32. The number of hydrogen-bond donors (Lipinski definition) is 0. The van der Waals surface area contributed by atoms with Gasteiger partial charge in [0.05, 0.1) is 17.8 Å². The van der Waals surface area contributed by atoms with Crippen LogP contribution in [0.15, 0.2) is 42.6 Å². The van der Waals surface area contributed by atoms with Crippen LogP contribution in [0.2, 0.25) is 0 Å². The van der Waals surface area contributed by atoms with Crippen molar-refractivity contribution in [2.75, 3.05) is 0 Å². The Hall–Kier alpha value is -3.14. The summed E-state index contributed by atoms with van der Waals surface area (Å²) >= 11 is 0. The highest BCUT2D eigenvalue weighted by Gasteiger charge is 2.38. The number of benzene rings is 2. The van der Waals surface area contributed by atoms with Gasteiger partial charge in [-0.15, -0.1) is 5.10 Å². The van der Waals surface area contributed by atoms with Gasteiger partial charge in [-0.05, 0) is 54.8 Å². The fourth-order valence-corrected chi connectivity index (χ4v) is 2.55. The summed E-state index contributed by atoms with van der Waals surface area (Å²) in [4.78, 5) is 0. The predicted molar refractivity (Wildman–Crippen MR) is 90.6 cm³/mol. The van der Waals surface area contributed by atoms with Gasteiger partial charge in [-0.2, -0.15) is 23.5 Å². The zero-order valence-corrected chi connectivity index (χ0v) is 14.0. The Morgan fingerprint density at radius 2 is 1.92 bits per heavy atom. The van der Waals surface area contributed by atoms with Crippen molar-refractivity contribution in [1.29, 1.82) is 5.26 Å². The van der Waals surface area contributed by atoms with Gasteiger partial charge in [0.25, 0.3) is 0 Å². The molecule has 0 saturated carbocycles. The van der Waals surface area contributed by atoms with Crippen LogP contribution in [0.5, 0.6) is 5.88 Å². The molecule has 1 atom stereocenters.